The first-order valence-corrected chi connectivity index (χ1v) is 10.1. The molecule has 1 saturated heterocycles. The zero-order valence-electron chi connectivity index (χ0n) is 16.7. The molecule has 0 radical (unpaired) electrons. The van der Waals surface area contributed by atoms with Crippen molar-refractivity contribution in [2.75, 3.05) is 26.2 Å². The second-order valence-corrected chi connectivity index (χ2v) is 8.67. The fourth-order valence-corrected chi connectivity index (χ4v) is 3.87. The van der Waals surface area contributed by atoms with Crippen LogP contribution in [0.25, 0.3) is 0 Å². The van der Waals surface area contributed by atoms with Gasteiger partial charge in [0.05, 0.1) is 6.54 Å². The average molecular weight is 363 g/mol. The molecule has 6 nitrogen and oxygen atoms in total. The average Bonchev–Trinajstić information content (AvgIpc) is 3.08. The summed E-state index contributed by atoms with van der Waals surface area (Å²) in [4.78, 5) is 19.7. The zero-order chi connectivity index (χ0) is 18.7. The Balaban J connectivity index is 1.68. The minimum atomic E-state index is -0.433. The highest BCUT2D eigenvalue weighted by atomic mass is 16.5. The summed E-state index contributed by atoms with van der Waals surface area (Å²) in [6, 6.07) is 0. The van der Waals surface area contributed by atoms with Gasteiger partial charge in [0.15, 0.2) is 6.10 Å². The number of carbonyl (C=O) groups is 1. The van der Waals surface area contributed by atoms with Gasteiger partial charge < -0.3 is 19.5 Å². The van der Waals surface area contributed by atoms with E-state index in [-0.39, 0.29) is 5.91 Å². The van der Waals surface area contributed by atoms with E-state index in [1.807, 2.05) is 12.4 Å². The number of rotatable bonds is 6. The number of ether oxygens (including phenoxy) is 1. The lowest BCUT2D eigenvalue weighted by Crippen LogP contribution is -2.54. The summed E-state index contributed by atoms with van der Waals surface area (Å²) in [6.07, 6.45) is 6.40. The minimum absolute atomic E-state index is 0.000313. The molecule has 26 heavy (non-hydrogen) atoms. The molecular formula is C20H34N4O2. The molecule has 1 atom stereocenters. The van der Waals surface area contributed by atoms with Crippen LogP contribution in [0.2, 0.25) is 0 Å². The highest BCUT2D eigenvalue weighted by Gasteiger charge is 2.46. The van der Waals surface area contributed by atoms with Gasteiger partial charge in [0.1, 0.15) is 11.4 Å². The van der Waals surface area contributed by atoms with Crippen molar-refractivity contribution in [2.45, 2.75) is 65.2 Å². The third kappa shape index (κ3) is 4.29. The molecule has 0 bridgehead atoms. The molecule has 1 aromatic heterocycles. The van der Waals surface area contributed by atoms with Gasteiger partial charge >= 0.3 is 0 Å². The highest BCUT2D eigenvalue weighted by Crippen LogP contribution is 2.40. The van der Waals surface area contributed by atoms with Crippen LogP contribution >= 0.6 is 0 Å². The Morgan fingerprint density at radius 2 is 2.04 bits per heavy atom. The molecular weight excluding hydrogens is 328 g/mol. The molecule has 146 valence electrons. The lowest BCUT2D eigenvalue weighted by Gasteiger charge is -2.45. The Morgan fingerprint density at radius 1 is 1.31 bits per heavy atom. The Labute approximate surface area is 157 Å². The van der Waals surface area contributed by atoms with Crippen molar-refractivity contribution in [3.05, 3.63) is 18.2 Å². The summed E-state index contributed by atoms with van der Waals surface area (Å²) < 4.78 is 8.56. The smallest absolute Gasteiger partial charge is 0.251 e. The molecule has 2 aliphatic heterocycles. The van der Waals surface area contributed by atoms with Gasteiger partial charge in [-0.1, -0.05) is 27.7 Å². The molecule has 0 aromatic carbocycles. The predicted octanol–water partition coefficient (Wildman–Crippen LogP) is 2.39. The third-order valence-electron chi connectivity index (χ3n) is 5.52. The normalized spacial score (nSPS) is 22.8. The molecule has 1 amide bonds. The van der Waals surface area contributed by atoms with Crippen LogP contribution in [0.3, 0.4) is 0 Å². The van der Waals surface area contributed by atoms with Crippen molar-refractivity contribution < 1.29 is 9.53 Å². The fraction of sp³-hybridized carbons (Fsp3) is 0.800. The van der Waals surface area contributed by atoms with Crippen LogP contribution < -0.4 is 5.32 Å². The van der Waals surface area contributed by atoms with Crippen LogP contribution in [0.1, 0.15) is 52.8 Å². The summed E-state index contributed by atoms with van der Waals surface area (Å²) in [6.45, 7) is 13.1. The Morgan fingerprint density at radius 3 is 2.69 bits per heavy atom. The van der Waals surface area contributed by atoms with E-state index in [0.717, 1.165) is 44.2 Å². The molecule has 1 fully saturated rings. The molecule has 3 rings (SSSR count). The van der Waals surface area contributed by atoms with E-state index < -0.39 is 11.7 Å². The molecule has 1 aromatic rings. The van der Waals surface area contributed by atoms with E-state index in [9.17, 15) is 4.79 Å². The maximum atomic E-state index is 12.6. The summed E-state index contributed by atoms with van der Waals surface area (Å²) in [5, 5.41) is 3.03. The van der Waals surface area contributed by atoms with Crippen molar-refractivity contribution in [1.29, 1.82) is 0 Å². The highest BCUT2D eigenvalue weighted by molar-refractivity contribution is 5.80. The van der Waals surface area contributed by atoms with Crippen LogP contribution in [-0.4, -0.2) is 52.6 Å². The Bertz CT molecular complexity index is 603. The van der Waals surface area contributed by atoms with Crippen molar-refractivity contribution in [2.24, 2.45) is 11.8 Å². The number of amides is 1. The first-order chi connectivity index (χ1) is 12.4. The van der Waals surface area contributed by atoms with E-state index >= 15 is 0 Å². The lowest BCUT2D eigenvalue weighted by atomic mass is 9.88. The standard InChI is InChI=1S/C20H34N4O2/c1-15(2)5-9-23-10-6-20(7-11-23)19-21-8-12-24(19)14-17(26-20)18(25)22-13-16(3)4/h8,12,15-17H,5-7,9-11,13-14H2,1-4H3,(H,22,25)/t17-/m0/s1. The SMILES string of the molecule is CC(C)CCN1CCC2(CC1)O[C@H](C(=O)NCC(C)C)Cn1ccnc12. The third-order valence-corrected chi connectivity index (χ3v) is 5.52. The van der Waals surface area contributed by atoms with Crippen molar-refractivity contribution in [3.8, 4) is 0 Å². The zero-order valence-corrected chi connectivity index (χ0v) is 16.7. The number of fused-ring (bicyclic) bond motifs is 2. The van der Waals surface area contributed by atoms with Crippen molar-refractivity contribution in [1.82, 2.24) is 19.8 Å². The topological polar surface area (TPSA) is 59.4 Å². The number of aromatic nitrogens is 2. The van der Waals surface area contributed by atoms with Gasteiger partial charge in [-0.05, 0) is 37.6 Å². The molecule has 1 spiro atoms. The molecule has 0 unspecified atom stereocenters. The summed E-state index contributed by atoms with van der Waals surface area (Å²) >= 11 is 0. The predicted molar refractivity (Wildman–Crippen MR) is 102 cm³/mol. The van der Waals surface area contributed by atoms with Gasteiger partial charge in [-0.25, -0.2) is 4.98 Å². The molecule has 1 N–H and O–H groups in total. The number of nitrogens with one attached hydrogen (secondary N) is 1. The molecule has 3 heterocycles. The first kappa shape index (κ1) is 19.4. The summed E-state index contributed by atoms with van der Waals surface area (Å²) in [7, 11) is 0. The van der Waals surface area contributed by atoms with Crippen LogP contribution in [-0.2, 0) is 21.7 Å². The largest absolute Gasteiger partial charge is 0.354 e. The van der Waals surface area contributed by atoms with E-state index in [1.165, 1.54) is 6.42 Å². The molecule has 0 saturated carbocycles. The van der Waals surface area contributed by atoms with Gasteiger partial charge in [-0.15, -0.1) is 0 Å². The Hall–Kier alpha value is -1.40. The van der Waals surface area contributed by atoms with E-state index in [1.54, 1.807) is 0 Å². The van der Waals surface area contributed by atoms with Gasteiger partial charge in [-0.2, -0.15) is 0 Å². The number of imidazole rings is 1. The van der Waals surface area contributed by atoms with Gasteiger partial charge in [0, 0.05) is 32.0 Å². The van der Waals surface area contributed by atoms with Gasteiger partial charge in [-0.3, -0.25) is 4.79 Å². The van der Waals surface area contributed by atoms with Crippen LogP contribution in [0, 0.1) is 11.8 Å². The minimum Gasteiger partial charge on any atom is -0.354 e. The van der Waals surface area contributed by atoms with E-state index in [0.29, 0.717) is 19.0 Å². The van der Waals surface area contributed by atoms with Crippen LogP contribution in [0.4, 0.5) is 0 Å². The van der Waals surface area contributed by atoms with E-state index in [4.69, 9.17) is 4.74 Å². The fourth-order valence-electron chi connectivity index (χ4n) is 3.87. The molecule has 6 heteroatoms. The summed E-state index contributed by atoms with van der Waals surface area (Å²) in [5.74, 6) is 2.16. The number of hydrogen-bond acceptors (Lipinski definition) is 4. The molecule has 0 aliphatic carbocycles. The molecule has 2 aliphatic rings. The van der Waals surface area contributed by atoms with E-state index in [2.05, 4.69) is 47.5 Å². The van der Waals surface area contributed by atoms with Crippen LogP contribution in [0.5, 0.6) is 0 Å². The monoisotopic (exact) mass is 362 g/mol. The lowest BCUT2D eigenvalue weighted by molar-refractivity contribution is -0.173. The number of hydrogen-bond donors (Lipinski definition) is 1. The maximum absolute atomic E-state index is 12.6. The number of piperidine rings is 1. The van der Waals surface area contributed by atoms with Crippen molar-refractivity contribution in [3.63, 3.8) is 0 Å². The van der Waals surface area contributed by atoms with Gasteiger partial charge in [0.25, 0.3) is 5.91 Å². The second-order valence-electron chi connectivity index (χ2n) is 8.67. The maximum Gasteiger partial charge on any atom is 0.251 e. The number of carbonyl (C=O) groups excluding carboxylic acids is 1. The number of likely N-dealkylation sites (tertiary alicyclic amines) is 1. The summed E-state index contributed by atoms with van der Waals surface area (Å²) in [5.41, 5.74) is -0.421. The second kappa shape index (κ2) is 8.09. The quantitative estimate of drug-likeness (QED) is 0.844. The first-order valence-electron chi connectivity index (χ1n) is 10.1. The van der Waals surface area contributed by atoms with Crippen molar-refractivity contribution >= 4 is 5.91 Å². The number of nitrogens with zero attached hydrogens (tertiary/aromatic N) is 3. The van der Waals surface area contributed by atoms with Gasteiger partial charge in [0.2, 0.25) is 0 Å². The Kier molecular flexibility index (Phi) is 6.03. The van der Waals surface area contributed by atoms with Crippen LogP contribution in [0.15, 0.2) is 12.4 Å².